The Bertz CT molecular complexity index is 595. The number of hydrogen-bond acceptors (Lipinski definition) is 2. The lowest BCUT2D eigenvalue weighted by atomic mass is 10.0. The number of benzene rings is 2. The van der Waals surface area contributed by atoms with E-state index in [1.54, 1.807) is 0 Å². The average molecular weight is 297 g/mol. The Kier molecular flexibility index (Phi) is 6.16. The molecule has 2 aromatic carbocycles. The molecular formula is C19H23NO2. The van der Waals surface area contributed by atoms with Gasteiger partial charge in [0.2, 0.25) is 5.91 Å². The van der Waals surface area contributed by atoms with E-state index in [0.717, 1.165) is 17.5 Å². The molecule has 116 valence electrons. The van der Waals surface area contributed by atoms with E-state index < -0.39 is 0 Å². The van der Waals surface area contributed by atoms with Crippen molar-refractivity contribution in [1.29, 1.82) is 0 Å². The molecule has 0 aliphatic rings. The maximum Gasteiger partial charge on any atom is 0.224 e. The van der Waals surface area contributed by atoms with Gasteiger partial charge in [0, 0.05) is 0 Å². The van der Waals surface area contributed by atoms with E-state index >= 15 is 0 Å². The summed E-state index contributed by atoms with van der Waals surface area (Å²) in [6.07, 6.45) is 1.94. The normalized spacial score (nSPS) is 11.9. The molecule has 2 rings (SSSR count). The number of aliphatic hydroxyl groups is 1. The fourth-order valence-corrected chi connectivity index (χ4v) is 2.48. The summed E-state index contributed by atoms with van der Waals surface area (Å²) in [6.45, 7) is 2.04. The number of carbonyl (C=O) groups excluding carboxylic acids is 1. The third-order valence-electron chi connectivity index (χ3n) is 3.67. The van der Waals surface area contributed by atoms with Gasteiger partial charge in [-0.05, 0) is 29.5 Å². The Balaban J connectivity index is 1.91. The number of carbonyl (C=O) groups is 1. The molecule has 22 heavy (non-hydrogen) atoms. The molecule has 0 aromatic heterocycles. The zero-order chi connectivity index (χ0) is 15.8. The van der Waals surface area contributed by atoms with E-state index in [2.05, 4.69) is 24.4 Å². The Hall–Kier alpha value is -2.13. The van der Waals surface area contributed by atoms with Crippen LogP contribution in [-0.2, 0) is 24.1 Å². The molecule has 0 saturated heterocycles. The molecule has 0 aliphatic carbocycles. The van der Waals surface area contributed by atoms with E-state index in [1.165, 1.54) is 5.56 Å². The molecule has 1 atom stereocenters. The zero-order valence-electron chi connectivity index (χ0n) is 13.0. The molecule has 0 aliphatic heterocycles. The van der Waals surface area contributed by atoms with Crippen molar-refractivity contribution >= 4 is 5.91 Å². The number of hydrogen-bond donors (Lipinski definition) is 2. The van der Waals surface area contributed by atoms with Gasteiger partial charge in [-0.25, -0.2) is 0 Å². The van der Waals surface area contributed by atoms with Crippen LogP contribution in [0.1, 0.15) is 23.6 Å². The molecule has 2 N–H and O–H groups in total. The van der Waals surface area contributed by atoms with Crippen LogP contribution < -0.4 is 5.32 Å². The highest BCUT2D eigenvalue weighted by Crippen LogP contribution is 2.08. The van der Waals surface area contributed by atoms with Gasteiger partial charge in [0.05, 0.1) is 19.1 Å². The number of aryl methyl sites for hydroxylation is 1. The van der Waals surface area contributed by atoms with Gasteiger partial charge in [0.15, 0.2) is 0 Å². The summed E-state index contributed by atoms with van der Waals surface area (Å²) in [5, 5.41) is 12.4. The SMILES string of the molecule is CCc1cccc(CC(=O)NC(CO)Cc2ccccc2)c1. The Morgan fingerprint density at radius 1 is 1.05 bits per heavy atom. The van der Waals surface area contributed by atoms with Gasteiger partial charge in [-0.15, -0.1) is 0 Å². The third kappa shape index (κ3) is 5.01. The smallest absolute Gasteiger partial charge is 0.224 e. The molecule has 2 aromatic rings. The number of rotatable bonds is 7. The Morgan fingerprint density at radius 3 is 2.41 bits per heavy atom. The summed E-state index contributed by atoms with van der Waals surface area (Å²) in [7, 11) is 0. The van der Waals surface area contributed by atoms with Crippen molar-refractivity contribution < 1.29 is 9.90 Å². The second-order valence-corrected chi connectivity index (χ2v) is 5.49. The van der Waals surface area contributed by atoms with E-state index in [9.17, 15) is 9.90 Å². The standard InChI is InChI=1S/C19H23NO2/c1-2-15-9-6-10-17(11-15)13-19(22)20-18(14-21)12-16-7-4-3-5-8-16/h3-11,18,21H,2,12-14H2,1H3,(H,20,22). The van der Waals surface area contributed by atoms with E-state index in [0.29, 0.717) is 12.8 Å². The predicted octanol–water partition coefficient (Wildman–Crippen LogP) is 2.51. The minimum Gasteiger partial charge on any atom is -0.394 e. The van der Waals surface area contributed by atoms with Crippen molar-refractivity contribution in [2.45, 2.75) is 32.2 Å². The number of aliphatic hydroxyl groups excluding tert-OH is 1. The van der Waals surface area contributed by atoms with Crippen molar-refractivity contribution in [2.75, 3.05) is 6.61 Å². The molecule has 0 spiro atoms. The first-order chi connectivity index (χ1) is 10.7. The molecule has 3 nitrogen and oxygen atoms in total. The van der Waals surface area contributed by atoms with Gasteiger partial charge in [0.25, 0.3) is 0 Å². The van der Waals surface area contributed by atoms with Gasteiger partial charge in [0.1, 0.15) is 0 Å². The summed E-state index contributed by atoms with van der Waals surface area (Å²) in [6, 6.07) is 17.7. The first-order valence-corrected chi connectivity index (χ1v) is 7.73. The molecule has 3 heteroatoms. The average Bonchev–Trinajstić information content (AvgIpc) is 2.55. The topological polar surface area (TPSA) is 49.3 Å². The fraction of sp³-hybridized carbons (Fsp3) is 0.316. The van der Waals surface area contributed by atoms with Crippen LogP contribution in [0.3, 0.4) is 0 Å². The summed E-state index contributed by atoms with van der Waals surface area (Å²) < 4.78 is 0. The quantitative estimate of drug-likeness (QED) is 0.825. The van der Waals surface area contributed by atoms with Crippen LogP contribution in [0.4, 0.5) is 0 Å². The minimum absolute atomic E-state index is 0.0526. The first kappa shape index (κ1) is 16.2. The second kappa shape index (κ2) is 8.35. The van der Waals surface area contributed by atoms with Gasteiger partial charge in [-0.2, -0.15) is 0 Å². The van der Waals surface area contributed by atoms with Crippen LogP contribution in [0.15, 0.2) is 54.6 Å². The highest BCUT2D eigenvalue weighted by Gasteiger charge is 2.12. The van der Waals surface area contributed by atoms with Crippen LogP contribution in [0.5, 0.6) is 0 Å². The highest BCUT2D eigenvalue weighted by molar-refractivity contribution is 5.79. The molecule has 0 bridgehead atoms. The number of nitrogens with one attached hydrogen (secondary N) is 1. The second-order valence-electron chi connectivity index (χ2n) is 5.49. The molecule has 0 radical (unpaired) electrons. The maximum absolute atomic E-state index is 12.1. The summed E-state index contributed by atoms with van der Waals surface area (Å²) in [5.41, 5.74) is 3.34. The summed E-state index contributed by atoms with van der Waals surface area (Å²) in [4.78, 5) is 12.1. The van der Waals surface area contributed by atoms with Crippen molar-refractivity contribution in [3.8, 4) is 0 Å². The van der Waals surface area contributed by atoms with E-state index in [4.69, 9.17) is 0 Å². The van der Waals surface area contributed by atoms with E-state index in [1.807, 2.05) is 42.5 Å². The lowest BCUT2D eigenvalue weighted by Crippen LogP contribution is -2.39. The van der Waals surface area contributed by atoms with Crippen LogP contribution in [0, 0.1) is 0 Å². The van der Waals surface area contributed by atoms with Crippen LogP contribution in [0.25, 0.3) is 0 Å². The molecule has 0 fully saturated rings. The van der Waals surface area contributed by atoms with Gasteiger partial charge in [-0.1, -0.05) is 61.5 Å². The largest absolute Gasteiger partial charge is 0.394 e. The number of amides is 1. The summed E-state index contributed by atoms with van der Waals surface area (Å²) in [5.74, 6) is -0.0526. The van der Waals surface area contributed by atoms with Crippen LogP contribution >= 0.6 is 0 Å². The fourth-order valence-electron chi connectivity index (χ4n) is 2.48. The Labute approximate surface area is 132 Å². The molecule has 1 amide bonds. The monoisotopic (exact) mass is 297 g/mol. The molecule has 0 heterocycles. The maximum atomic E-state index is 12.1. The third-order valence-corrected chi connectivity index (χ3v) is 3.67. The molecule has 1 unspecified atom stereocenters. The van der Waals surface area contributed by atoms with Crippen LogP contribution in [-0.4, -0.2) is 23.7 Å². The van der Waals surface area contributed by atoms with E-state index in [-0.39, 0.29) is 18.6 Å². The lowest BCUT2D eigenvalue weighted by Gasteiger charge is -2.16. The van der Waals surface area contributed by atoms with Gasteiger partial charge >= 0.3 is 0 Å². The van der Waals surface area contributed by atoms with Crippen molar-refractivity contribution in [1.82, 2.24) is 5.32 Å². The minimum atomic E-state index is -0.246. The van der Waals surface area contributed by atoms with Crippen LogP contribution in [0.2, 0.25) is 0 Å². The van der Waals surface area contributed by atoms with Crippen molar-refractivity contribution in [3.63, 3.8) is 0 Å². The lowest BCUT2D eigenvalue weighted by molar-refractivity contribution is -0.121. The van der Waals surface area contributed by atoms with Crippen molar-refractivity contribution in [2.24, 2.45) is 0 Å². The highest BCUT2D eigenvalue weighted by atomic mass is 16.3. The first-order valence-electron chi connectivity index (χ1n) is 7.73. The van der Waals surface area contributed by atoms with Gasteiger partial charge < -0.3 is 10.4 Å². The van der Waals surface area contributed by atoms with Gasteiger partial charge in [-0.3, -0.25) is 4.79 Å². The van der Waals surface area contributed by atoms with Crippen molar-refractivity contribution in [3.05, 3.63) is 71.3 Å². The Morgan fingerprint density at radius 2 is 1.73 bits per heavy atom. The summed E-state index contributed by atoms with van der Waals surface area (Å²) >= 11 is 0. The predicted molar refractivity (Wildman–Crippen MR) is 88.7 cm³/mol. The molecular weight excluding hydrogens is 274 g/mol. The molecule has 0 saturated carbocycles. The zero-order valence-corrected chi connectivity index (χ0v) is 13.0.